The normalized spacial score (nSPS) is 18.2. The van der Waals surface area contributed by atoms with Gasteiger partial charge in [0.15, 0.2) is 0 Å². The first-order chi connectivity index (χ1) is 10.7. The molecule has 1 fully saturated rings. The molecule has 0 spiro atoms. The standard InChI is InChI=1S/C14H14F4N2O3/c1-23-11-5-9(15)2-3-10(11)19-13(22)8-4-12(21)20(6-8)7-14(16,17)18/h2-3,5,8H,4,6-7H2,1H3,(H,19,22). The van der Waals surface area contributed by atoms with Gasteiger partial charge in [-0.25, -0.2) is 4.39 Å². The van der Waals surface area contributed by atoms with Gasteiger partial charge in [0.2, 0.25) is 11.8 Å². The second kappa shape index (κ2) is 6.43. The number of amides is 2. The lowest BCUT2D eigenvalue weighted by Crippen LogP contribution is -2.36. The van der Waals surface area contributed by atoms with E-state index in [0.29, 0.717) is 4.90 Å². The number of rotatable bonds is 4. The van der Waals surface area contributed by atoms with Gasteiger partial charge in [-0.2, -0.15) is 13.2 Å². The summed E-state index contributed by atoms with van der Waals surface area (Å²) in [6, 6.07) is 3.44. The molecule has 1 aliphatic rings. The van der Waals surface area contributed by atoms with Gasteiger partial charge in [-0.05, 0) is 12.1 Å². The molecular weight excluding hydrogens is 320 g/mol. The first-order valence-electron chi connectivity index (χ1n) is 6.68. The molecule has 126 valence electrons. The maximum Gasteiger partial charge on any atom is 0.406 e. The number of nitrogens with one attached hydrogen (secondary N) is 1. The molecule has 1 N–H and O–H groups in total. The van der Waals surface area contributed by atoms with Crippen molar-refractivity contribution in [3.8, 4) is 5.75 Å². The molecule has 0 aromatic heterocycles. The Morgan fingerprint density at radius 1 is 1.43 bits per heavy atom. The van der Waals surface area contributed by atoms with Crippen molar-refractivity contribution in [3.63, 3.8) is 0 Å². The zero-order valence-electron chi connectivity index (χ0n) is 12.1. The molecule has 1 heterocycles. The van der Waals surface area contributed by atoms with Crippen molar-refractivity contribution in [2.75, 3.05) is 25.5 Å². The lowest BCUT2D eigenvalue weighted by Gasteiger charge is -2.18. The molecule has 0 saturated carbocycles. The van der Waals surface area contributed by atoms with Crippen molar-refractivity contribution in [1.29, 1.82) is 0 Å². The van der Waals surface area contributed by atoms with E-state index in [9.17, 15) is 27.2 Å². The summed E-state index contributed by atoms with van der Waals surface area (Å²) in [5, 5.41) is 2.44. The van der Waals surface area contributed by atoms with E-state index in [4.69, 9.17) is 4.74 Å². The second-order valence-electron chi connectivity index (χ2n) is 5.12. The first-order valence-corrected chi connectivity index (χ1v) is 6.68. The number of likely N-dealkylation sites (tertiary alicyclic amines) is 1. The van der Waals surface area contributed by atoms with Crippen LogP contribution in [0.1, 0.15) is 6.42 Å². The number of hydrogen-bond acceptors (Lipinski definition) is 3. The Labute approximate surface area is 129 Å². The first kappa shape index (κ1) is 17.0. The molecule has 1 atom stereocenters. The highest BCUT2D eigenvalue weighted by Gasteiger charge is 2.40. The Kier molecular flexibility index (Phi) is 4.76. The number of alkyl halides is 3. The highest BCUT2D eigenvalue weighted by molar-refractivity contribution is 5.98. The van der Waals surface area contributed by atoms with Crippen molar-refractivity contribution in [1.82, 2.24) is 4.90 Å². The van der Waals surface area contributed by atoms with Crippen molar-refractivity contribution >= 4 is 17.5 Å². The fraction of sp³-hybridized carbons (Fsp3) is 0.429. The van der Waals surface area contributed by atoms with Crippen LogP contribution >= 0.6 is 0 Å². The number of nitrogens with zero attached hydrogens (tertiary/aromatic N) is 1. The molecule has 0 radical (unpaired) electrons. The lowest BCUT2D eigenvalue weighted by molar-refractivity contribution is -0.157. The van der Waals surface area contributed by atoms with Crippen LogP contribution in [0, 0.1) is 11.7 Å². The van der Waals surface area contributed by atoms with E-state index in [-0.39, 0.29) is 24.4 Å². The Morgan fingerprint density at radius 3 is 2.74 bits per heavy atom. The van der Waals surface area contributed by atoms with Crippen LogP contribution in [0.15, 0.2) is 18.2 Å². The molecule has 1 unspecified atom stereocenters. The summed E-state index contributed by atoms with van der Waals surface area (Å²) in [5.41, 5.74) is 0.181. The average molecular weight is 334 g/mol. The quantitative estimate of drug-likeness (QED) is 0.859. The minimum atomic E-state index is -4.51. The largest absolute Gasteiger partial charge is 0.494 e. The number of hydrogen-bond donors (Lipinski definition) is 1. The average Bonchev–Trinajstić information content (AvgIpc) is 2.80. The summed E-state index contributed by atoms with van der Waals surface area (Å²) in [5.74, 6) is -2.73. The number of halogens is 4. The fourth-order valence-electron chi connectivity index (χ4n) is 2.32. The number of ether oxygens (including phenoxy) is 1. The molecule has 1 aromatic carbocycles. The van der Waals surface area contributed by atoms with Gasteiger partial charge in [0.1, 0.15) is 18.1 Å². The number of benzene rings is 1. The van der Waals surface area contributed by atoms with Crippen molar-refractivity contribution in [2.24, 2.45) is 5.92 Å². The summed E-state index contributed by atoms with van der Waals surface area (Å²) >= 11 is 0. The topological polar surface area (TPSA) is 58.6 Å². The third-order valence-corrected chi connectivity index (χ3v) is 3.38. The lowest BCUT2D eigenvalue weighted by atomic mass is 10.1. The molecule has 23 heavy (non-hydrogen) atoms. The summed E-state index contributed by atoms with van der Waals surface area (Å²) < 4.78 is 55.0. The van der Waals surface area contributed by atoms with E-state index in [1.807, 2.05) is 0 Å². The molecule has 2 rings (SSSR count). The number of carbonyl (C=O) groups is 2. The Balaban J connectivity index is 2.04. The monoisotopic (exact) mass is 334 g/mol. The molecule has 1 aliphatic heterocycles. The molecular formula is C14H14F4N2O3. The van der Waals surface area contributed by atoms with E-state index < -0.39 is 36.3 Å². The number of methoxy groups -OCH3 is 1. The minimum absolute atomic E-state index is 0.0785. The van der Waals surface area contributed by atoms with E-state index in [2.05, 4.69) is 5.32 Å². The number of carbonyl (C=O) groups excluding carboxylic acids is 2. The highest BCUT2D eigenvalue weighted by Crippen LogP contribution is 2.28. The summed E-state index contributed by atoms with van der Waals surface area (Å²) in [6.45, 7) is -1.69. The van der Waals surface area contributed by atoms with Gasteiger partial charge in [-0.3, -0.25) is 9.59 Å². The molecule has 1 saturated heterocycles. The third kappa shape index (κ3) is 4.33. The zero-order chi connectivity index (χ0) is 17.2. The second-order valence-corrected chi connectivity index (χ2v) is 5.12. The van der Waals surface area contributed by atoms with Gasteiger partial charge in [-0.1, -0.05) is 0 Å². The van der Waals surface area contributed by atoms with E-state index in [0.717, 1.165) is 12.1 Å². The third-order valence-electron chi connectivity index (χ3n) is 3.38. The molecule has 9 heteroatoms. The maximum atomic E-state index is 13.1. The van der Waals surface area contributed by atoms with Crippen molar-refractivity contribution < 1.29 is 31.9 Å². The molecule has 1 aromatic rings. The Bertz CT molecular complexity index is 619. The molecule has 2 amide bonds. The molecule has 5 nitrogen and oxygen atoms in total. The number of anilines is 1. The van der Waals surface area contributed by atoms with Crippen LogP contribution in [0.25, 0.3) is 0 Å². The predicted octanol–water partition coefficient (Wildman–Crippen LogP) is 2.18. The minimum Gasteiger partial charge on any atom is -0.494 e. The van der Waals surface area contributed by atoms with Crippen molar-refractivity contribution in [3.05, 3.63) is 24.0 Å². The van der Waals surface area contributed by atoms with Crippen LogP contribution in [0.2, 0.25) is 0 Å². The van der Waals surface area contributed by atoms with Gasteiger partial charge in [-0.15, -0.1) is 0 Å². The van der Waals surface area contributed by atoms with Crippen LogP contribution < -0.4 is 10.1 Å². The van der Waals surface area contributed by atoms with Gasteiger partial charge in [0.05, 0.1) is 18.7 Å². The van der Waals surface area contributed by atoms with Crippen LogP contribution in [-0.2, 0) is 9.59 Å². The van der Waals surface area contributed by atoms with Crippen molar-refractivity contribution in [2.45, 2.75) is 12.6 Å². The fourth-order valence-corrected chi connectivity index (χ4v) is 2.32. The van der Waals surface area contributed by atoms with E-state index >= 15 is 0 Å². The van der Waals surface area contributed by atoms with Gasteiger partial charge < -0.3 is 15.0 Å². The highest BCUT2D eigenvalue weighted by atomic mass is 19.4. The summed E-state index contributed by atoms with van der Waals surface area (Å²) in [6.07, 6.45) is -4.81. The molecule has 0 aliphatic carbocycles. The van der Waals surface area contributed by atoms with Gasteiger partial charge >= 0.3 is 6.18 Å². The van der Waals surface area contributed by atoms with Crippen LogP contribution in [0.4, 0.5) is 23.2 Å². The smallest absolute Gasteiger partial charge is 0.406 e. The SMILES string of the molecule is COc1cc(F)ccc1NC(=O)C1CC(=O)N(CC(F)(F)F)C1. The molecule has 0 bridgehead atoms. The summed E-state index contributed by atoms with van der Waals surface area (Å²) in [4.78, 5) is 24.3. The Hall–Kier alpha value is -2.32. The van der Waals surface area contributed by atoms with E-state index in [1.54, 1.807) is 0 Å². The van der Waals surface area contributed by atoms with Crippen LogP contribution in [-0.4, -0.2) is 43.1 Å². The van der Waals surface area contributed by atoms with E-state index in [1.165, 1.54) is 13.2 Å². The van der Waals surface area contributed by atoms with Crippen LogP contribution in [0.3, 0.4) is 0 Å². The predicted molar refractivity (Wildman–Crippen MR) is 72.3 cm³/mol. The zero-order valence-corrected chi connectivity index (χ0v) is 12.1. The Morgan fingerprint density at radius 2 is 2.13 bits per heavy atom. The van der Waals surface area contributed by atoms with Crippen LogP contribution in [0.5, 0.6) is 5.75 Å². The maximum absolute atomic E-state index is 13.1. The van der Waals surface area contributed by atoms with Gasteiger partial charge in [0.25, 0.3) is 0 Å². The van der Waals surface area contributed by atoms with Gasteiger partial charge in [0, 0.05) is 19.0 Å². The summed E-state index contributed by atoms with van der Waals surface area (Å²) in [7, 11) is 1.29.